The van der Waals surface area contributed by atoms with Gasteiger partial charge < -0.3 is 73.4 Å². The lowest BCUT2D eigenvalue weighted by atomic mass is 9.99. The summed E-state index contributed by atoms with van der Waals surface area (Å²) in [5.74, 6) is -7.67. The number of nitrogens with one attached hydrogen (secondary N) is 2. The maximum Gasteiger partial charge on any atom is 0.407 e. The minimum absolute atomic E-state index is 0.0110. The summed E-state index contributed by atoms with van der Waals surface area (Å²) in [6, 6.07) is -1.08. The highest BCUT2D eigenvalue weighted by atomic mass is 32.2. The zero-order valence-corrected chi connectivity index (χ0v) is 49.0. The van der Waals surface area contributed by atoms with Crippen LogP contribution in [0, 0.1) is 0 Å². The van der Waals surface area contributed by atoms with Crippen molar-refractivity contribution in [3.8, 4) is 0 Å². The van der Waals surface area contributed by atoms with Gasteiger partial charge in [-0.15, -0.1) is 23.5 Å². The van der Waals surface area contributed by atoms with Gasteiger partial charge in [0.25, 0.3) is 0 Å². The third-order valence-electron chi connectivity index (χ3n) is 11.4. The van der Waals surface area contributed by atoms with Crippen molar-refractivity contribution in [2.24, 2.45) is 5.73 Å². The average molecular weight is 1180 g/mol. The zero-order chi connectivity index (χ0) is 60.3. The molecule has 2 heterocycles. The molecule has 27 nitrogen and oxygen atoms in total. The Morgan fingerprint density at radius 3 is 1.34 bits per heavy atom. The van der Waals surface area contributed by atoms with Crippen molar-refractivity contribution in [3.63, 3.8) is 0 Å². The van der Waals surface area contributed by atoms with Crippen LogP contribution in [0.15, 0.2) is 0 Å². The lowest BCUT2D eigenvalue weighted by molar-refractivity contribution is -0.237. The number of nitrogens with zero attached hydrogens (tertiary/aromatic N) is 1. The first-order valence-corrected chi connectivity index (χ1v) is 28.3. The van der Waals surface area contributed by atoms with Gasteiger partial charge >= 0.3 is 53.8 Å². The van der Waals surface area contributed by atoms with Crippen LogP contribution < -0.4 is 16.4 Å². The van der Waals surface area contributed by atoms with Crippen molar-refractivity contribution in [1.29, 1.82) is 0 Å². The van der Waals surface area contributed by atoms with Crippen LogP contribution in [-0.2, 0) is 105 Å². The molecule has 2 fully saturated rings. The van der Waals surface area contributed by atoms with Crippen molar-refractivity contribution >= 4 is 95.1 Å². The fourth-order valence-electron chi connectivity index (χ4n) is 8.27. The van der Waals surface area contributed by atoms with Crippen molar-refractivity contribution in [3.05, 3.63) is 0 Å². The van der Waals surface area contributed by atoms with Gasteiger partial charge in [0, 0.05) is 99.4 Å². The molecule has 0 bridgehead atoms. The van der Waals surface area contributed by atoms with E-state index in [1.807, 2.05) is 0 Å². The number of hydrogen-bond donors (Lipinski definition) is 3. The fourth-order valence-corrected chi connectivity index (χ4v) is 10.6. The molecule has 0 aromatic carbocycles. The summed E-state index contributed by atoms with van der Waals surface area (Å²) < 4.78 is 60.7. The van der Waals surface area contributed by atoms with Gasteiger partial charge in [-0.3, -0.25) is 52.7 Å². The van der Waals surface area contributed by atoms with Gasteiger partial charge in [0.05, 0.1) is 0 Å². The van der Waals surface area contributed by atoms with Gasteiger partial charge in [-0.05, 0) is 52.9 Å². The molecule has 4 N–H and O–H groups in total. The van der Waals surface area contributed by atoms with Gasteiger partial charge in [-0.25, -0.2) is 4.79 Å². The molecule has 11 atom stereocenters. The van der Waals surface area contributed by atoms with Crippen LogP contribution in [0.4, 0.5) is 4.79 Å². The van der Waals surface area contributed by atoms with E-state index >= 15 is 0 Å². The molecule has 0 saturated carbocycles. The number of carbonyl (C=O) groups is 12. The van der Waals surface area contributed by atoms with E-state index in [0.29, 0.717) is 45.1 Å². The minimum Gasteiger partial charge on any atom is -0.463 e. The molecule has 2 aliphatic rings. The molecule has 29 heteroatoms. The Hall–Kier alpha value is -5.94. The van der Waals surface area contributed by atoms with Gasteiger partial charge in [-0.2, -0.15) is 0 Å². The van der Waals surface area contributed by atoms with E-state index in [2.05, 4.69) is 10.6 Å². The zero-order valence-electron chi connectivity index (χ0n) is 47.4. The van der Waals surface area contributed by atoms with E-state index in [1.54, 1.807) is 20.8 Å². The van der Waals surface area contributed by atoms with Crippen LogP contribution in [0.5, 0.6) is 0 Å². The van der Waals surface area contributed by atoms with Crippen LogP contribution in [0.1, 0.15) is 134 Å². The Bertz CT molecular complexity index is 2130. The molecule has 0 unspecified atom stereocenters. The molecule has 80 heavy (non-hydrogen) atoms. The summed E-state index contributed by atoms with van der Waals surface area (Å²) in [6.07, 6.45) is -8.26. The molecular weight excluding hydrogens is 1100 g/mol. The number of esters is 8. The number of rotatable bonds is 32. The Morgan fingerprint density at radius 1 is 0.512 bits per heavy atom. The summed E-state index contributed by atoms with van der Waals surface area (Å²) in [7, 11) is 0. The molecule has 2 saturated heterocycles. The number of nitrogens with two attached hydrogens (primary N) is 1. The van der Waals surface area contributed by atoms with Gasteiger partial charge in [0.1, 0.15) is 47.9 Å². The van der Waals surface area contributed by atoms with Crippen molar-refractivity contribution in [2.45, 2.75) is 205 Å². The SMILES string of the molecule is CC(=O)OC[C@H]1O[C@H](SCCC(=O)NCCCC[C@@H](C(N)=O)N(CCCCCCNC(=O)OC(C)(C)C)C(=O)CCS[C@H]2O[C@H](COC(C)=O)[C@@H](OC(C)=O)[C@H](OC(C)=O)[C@@H]2OC(C)=O)[C@@H](OC(C)=O)[C@@H](OC(C)=O)[C@@H]1OC(C)=O. The topological polar surface area (TPSA) is 360 Å². The summed E-state index contributed by atoms with van der Waals surface area (Å²) in [5.41, 5.74) is 3.06. The number of ether oxygens (including phenoxy) is 11. The molecule has 0 radical (unpaired) electrons. The molecule has 4 amide bonds. The number of amides is 4. The number of alkyl carbamates (subject to hydrolysis) is 1. The van der Waals surface area contributed by atoms with Gasteiger partial charge in [0.15, 0.2) is 36.6 Å². The fraction of sp³-hybridized carbons (Fsp3) is 0.765. The largest absolute Gasteiger partial charge is 0.463 e. The standard InChI is InChI=1S/C51H80N4O23S2/c1-28(56)68-26-37-41(70-30(3)58)43(72-32(5)60)45(74-34(7)62)48(76-37)79-24-19-39(64)53-21-16-14-18-36(47(52)66)55(23-17-13-12-15-22-54-50(67)78-51(9,10)11)40(65)20-25-80-49-46(75-35(8)63)44(73-33(6)61)42(71-31(4)59)38(77-49)27-69-29(2)57/h36-38,41-46,48-49H,12-27H2,1-11H3,(H2,52,66)(H,53,64)(H,54,67)/t36-,37+,38+,41+,42+,43-,44-,45-,46-,48+,49+/m0/s1. The van der Waals surface area contributed by atoms with Gasteiger partial charge in [0.2, 0.25) is 17.7 Å². The molecule has 0 aliphatic carbocycles. The number of primary amides is 1. The number of hydrogen-bond acceptors (Lipinski definition) is 25. The molecule has 0 aromatic heterocycles. The smallest absolute Gasteiger partial charge is 0.407 e. The average Bonchev–Trinajstić information content (AvgIpc) is 3.32. The first kappa shape index (κ1) is 70.2. The second kappa shape index (κ2) is 35.7. The van der Waals surface area contributed by atoms with Crippen LogP contribution in [0.3, 0.4) is 0 Å². The number of thioether (sulfide) groups is 2. The Kier molecular flexibility index (Phi) is 31.3. The Morgan fingerprint density at radius 2 is 0.912 bits per heavy atom. The molecule has 0 aromatic rings. The lowest BCUT2D eigenvalue weighted by Crippen LogP contribution is -2.61. The predicted octanol–water partition coefficient (Wildman–Crippen LogP) is 2.45. The van der Waals surface area contributed by atoms with Gasteiger partial charge in [-0.1, -0.05) is 12.8 Å². The first-order valence-electron chi connectivity index (χ1n) is 26.2. The quantitative estimate of drug-likeness (QED) is 0.0495. The highest BCUT2D eigenvalue weighted by Crippen LogP contribution is 2.36. The molecule has 2 aliphatic heterocycles. The summed E-state index contributed by atoms with van der Waals surface area (Å²) >= 11 is 2.03. The second-order valence-electron chi connectivity index (χ2n) is 19.6. The molecule has 2 rings (SSSR count). The van der Waals surface area contributed by atoms with Crippen LogP contribution in [0.2, 0.25) is 0 Å². The number of unbranched alkanes of at least 4 members (excludes halogenated alkanes) is 4. The van der Waals surface area contributed by atoms with Crippen molar-refractivity contribution < 1.29 is 110 Å². The maximum absolute atomic E-state index is 14.2. The summed E-state index contributed by atoms with van der Waals surface area (Å²) in [4.78, 5) is 151. The lowest BCUT2D eigenvalue weighted by Gasteiger charge is -2.44. The van der Waals surface area contributed by atoms with E-state index < -0.39 is 150 Å². The van der Waals surface area contributed by atoms with Crippen molar-refractivity contribution in [1.82, 2.24) is 15.5 Å². The second-order valence-corrected chi connectivity index (χ2v) is 22.0. The van der Waals surface area contributed by atoms with E-state index in [0.717, 1.165) is 78.9 Å². The highest BCUT2D eigenvalue weighted by Gasteiger charge is 2.54. The van der Waals surface area contributed by atoms with E-state index in [-0.39, 0.29) is 49.8 Å². The number of carbonyl (C=O) groups excluding carboxylic acids is 12. The summed E-state index contributed by atoms with van der Waals surface area (Å²) in [5, 5.41) is 5.50. The summed E-state index contributed by atoms with van der Waals surface area (Å²) in [6.45, 7) is 13.9. The molecule has 454 valence electrons. The van der Waals surface area contributed by atoms with Crippen LogP contribution in [0.25, 0.3) is 0 Å². The monoisotopic (exact) mass is 1180 g/mol. The Labute approximate surface area is 474 Å². The van der Waals surface area contributed by atoms with Crippen LogP contribution in [-0.4, -0.2) is 192 Å². The van der Waals surface area contributed by atoms with Crippen LogP contribution >= 0.6 is 23.5 Å². The minimum atomic E-state index is -1.42. The highest BCUT2D eigenvalue weighted by molar-refractivity contribution is 8.00. The third-order valence-corrected chi connectivity index (χ3v) is 13.6. The maximum atomic E-state index is 14.2. The molecular formula is C51H80N4O23S2. The van der Waals surface area contributed by atoms with E-state index in [9.17, 15) is 57.5 Å². The third kappa shape index (κ3) is 27.5. The van der Waals surface area contributed by atoms with E-state index in [1.165, 1.54) is 4.90 Å². The van der Waals surface area contributed by atoms with Crippen molar-refractivity contribution in [2.75, 3.05) is 44.4 Å². The normalized spacial score (nSPS) is 22.8. The Balaban J connectivity index is 2.22. The predicted molar refractivity (Wildman–Crippen MR) is 282 cm³/mol. The first-order chi connectivity index (χ1) is 37.5. The van der Waals surface area contributed by atoms with E-state index in [4.69, 9.17) is 57.8 Å². The molecule has 0 spiro atoms.